The minimum atomic E-state index is -0.896. The van der Waals surface area contributed by atoms with Crippen molar-refractivity contribution >= 4 is 18.1 Å². The van der Waals surface area contributed by atoms with Crippen molar-refractivity contribution in [3.63, 3.8) is 0 Å². The summed E-state index contributed by atoms with van der Waals surface area (Å²) in [4.78, 5) is 40.1. The number of alkyl carbamates (subject to hydrolysis) is 2. The number of amides is 3. The van der Waals surface area contributed by atoms with Crippen LogP contribution in [0.25, 0.3) is 0 Å². The van der Waals surface area contributed by atoms with E-state index in [2.05, 4.69) is 16.7 Å². The molecule has 2 atom stereocenters. The third-order valence-corrected chi connectivity index (χ3v) is 5.75. The van der Waals surface area contributed by atoms with Gasteiger partial charge >= 0.3 is 12.2 Å². The Bertz CT molecular complexity index is 1120. The van der Waals surface area contributed by atoms with Crippen LogP contribution >= 0.6 is 0 Å². The van der Waals surface area contributed by atoms with Gasteiger partial charge in [0.1, 0.15) is 18.2 Å². The number of likely N-dealkylation sites (tertiary alicyclic amines) is 1. The van der Waals surface area contributed by atoms with Crippen LogP contribution in [0.3, 0.4) is 0 Å². The van der Waals surface area contributed by atoms with Crippen LogP contribution in [0.2, 0.25) is 0 Å². The van der Waals surface area contributed by atoms with Gasteiger partial charge in [0.05, 0.1) is 11.6 Å². The van der Waals surface area contributed by atoms with E-state index in [1.807, 2.05) is 30.3 Å². The predicted octanol–water partition coefficient (Wildman–Crippen LogP) is 3.91. The quantitative estimate of drug-likeness (QED) is 0.587. The smallest absolute Gasteiger partial charge is 0.408 e. The van der Waals surface area contributed by atoms with Crippen LogP contribution in [-0.4, -0.2) is 53.8 Å². The zero-order valence-electron chi connectivity index (χ0n) is 21.5. The molecule has 0 bridgehead atoms. The fourth-order valence-electron chi connectivity index (χ4n) is 4.10. The molecule has 9 heteroatoms. The van der Waals surface area contributed by atoms with Gasteiger partial charge in [-0.2, -0.15) is 5.26 Å². The Morgan fingerprint density at radius 2 is 1.81 bits per heavy atom. The van der Waals surface area contributed by atoms with Gasteiger partial charge in [0.25, 0.3) is 0 Å². The number of rotatable bonds is 7. The fraction of sp³-hybridized carbons (Fsp3) is 0.429. The molecule has 196 valence electrons. The third-order valence-electron chi connectivity index (χ3n) is 5.75. The number of benzene rings is 2. The molecule has 1 heterocycles. The van der Waals surface area contributed by atoms with Crippen LogP contribution in [0, 0.1) is 11.3 Å². The summed E-state index contributed by atoms with van der Waals surface area (Å²) in [6.07, 6.45) is 0.358. The summed E-state index contributed by atoms with van der Waals surface area (Å²) in [5.74, 6) is -0.280. The van der Waals surface area contributed by atoms with Crippen LogP contribution in [0.5, 0.6) is 0 Å². The molecule has 1 saturated heterocycles. The normalized spacial score (nSPS) is 16.2. The SMILES string of the molecule is CC(C)(C)OC(=O)N[C@@H](Cc1cccc(C#N)c1)C(=O)N1CCC[C@@H](NC(=O)OCc2ccccc2)C1. The molecule has 3 rings (SSSR count). The largest absolute Gasteiger partial charge is 0.445 e. The van der Waals surface area contributed by atoms with Gasteiger partial charge in [-0.05, 0) is 56.9 Å². The summed E-state index contributed by atoms with van der Waals surface area (Å²) < 4.78 is 10.7. The Morgan fingerprint density at radius 1 is 1.08 bits per heavy atom. The number of hydrogen-bond acceptors (Lipinski definition) is 6. The average Bonchev–Trinajstić information content (AvgIpc) is 2.86. The lowest BCUT2D eigenvalue weighted by Gasteiger charge is -2.35. The molecular formula is C28H34N4O5. The minimum absolute atomic E-state index is 0.158. The van der Waals surface area contributed by atoms with E-state index in [1.165, 1.54) is 0 Å². The Kier molecular flexibility index (Phi) is 9.50. The molecule has 0 radical (unpaired) electrons. The standard InChI is InChI=1S/C28H34N4O5/c1-28(2,3)37-27(35)31-24(16-21-11-7-12-22(15-21)17-29)25(33)32-14-8-13-23(18-32)30-26(34)36-19-20-9-5-4-6-10-20/h4-7,9-12,15,23-24H,8,13-14,16,18-19H2,1-3H3,(H,30,34)(H,31,35)/t23-,24+/m1/s1. The molecule has 2 aromatic rings. The molecule has 0 saturated carbocycles. The molecule has 0 unspecified atom stereocenters. The second-order valence-electron chi connectivity index (χ2n) is 10.0. The van der Waals surface area contributed by atoms with Gasteiger partial charge in [0.2, 0.25) is 5.91 Å². The zero-order chi connectivity index (χ0) is 26.8. The van der Waals surface area contributed by atoms with Crippen LogP contribution in [-0.2, 0) is 27.3 Å². The Labute approximate surface area is 217 Å². The summed E-state index contributed by atoms with van der Waals surface area (Å²) >= 11 is 0. The summed E-state index contributed by atoms with van der Waals surface area (Å²) in [6, 6.07) is 17.2. The highest BCUT2D eigenvalue weighted by Crippen LogP contribution is 2.16. The molecule has 0 aromatic heterocycles. The Morgan fingerprint density at radius 3 is 2.51 bits per heavy atom. The number of hydrogen-bond donors (Lipinski definition) is 2. The summed E-state index contributed by atoms with van der Waals surface area (Å²) in [5, 5.41) is 14.8. The number of nitriles is 1. The van der Waals surface area contributed by atoms with Crippen LogP contribution in [0.4, 0.5) is 9.59 Å². The number of carbonyl (C=O) groups is 3. The molecule has 2 N–H and O–H groups in total. The second-order valence-corrected chi connectivity index (χ2v) is 10.0. The van der Waals surface area contributed by atoms with E-state index in [9.17, 15) is 19.6 Å². The van der Waals surface area contributed by atoms with Crippen molar-refractivity contribution in [1.29, 1.82) is 5.26 Å². The monoisotopic (exact) mass is 506 g/mol. The maximum absolute atomic E-state index is 13.5. The highest BCUT2D eigenvalue weighted by atomic mass is 16.6. The highest BCUT2D eigenvalue weighted by molar-refractivity contribution is 5.86. The highest BCUT2D eigenvalue weighted by Gasteiger charge is 2.32. The molecule has 1 aliphatic heterocycles. The lowest BCUT2D eigenvalue weighted by molar-refractivity contribution is -0.134. The van der Waals surface area contributed by atoms with Crippen LogP contribution in [0.15, 0.2) is 54.6 Å². The number of carbonyl (C=O) groups excluding carboxylic acids is 3. The van der Waals surface area contributed by atoms with E-state index in [4.69, 9.17) is 9.47 Å². The van der Waals surface area contributed by atoms with Crippen LogP contribution in [0.1, 0.15) is 50.3 Å². The van der Waals surface area contributed by atoms with E-state index < -0.39 is 23.8 Å². The number of ether oxygens (including phenoxy) is 2. The summed E-state index contributed by atoms with van der Waals surface area (Å²) in [6.45, 7) is 6.20. The van der Waals surface area contributed by atoms with Crippen molar-refractivity contribution < 1.29 is 23.9 Å². The van der Waals surface area contributed by atoms with Crippen molar-refractivity contribution in [3.8, 4) is 6.07 Å². The van der Waals surface area contributed by atoms with Gasteiger partial charge in [-0.3, -0.25) is 4.79 Å². The number of nitrogens with zero attached hydrogens (tertiary/aromatic N) is 2. The van der Waals surface area contributed by atoms with E-state index in [0.29, 0.717) is 31.5 Å². The van der Waals surface area contributed by atoms with Crippen molar-refractivity contribution in [2.45, 2.75) is 64.3 Å². The minimum Gasteiger partial charge on any atom is -0.445 e. The van der Waals surface area contributed by atoms with Crippen molar-refractivity contribution in [1.82, 2.24) is 15.5 Å². The maximum Gasteiger partial charge on any atom is 0.408 e. The molecular weight excluding hydrogens is 472 g/mol. The van der Waals surface area contributed by atoms with Crippen molar-refractivity contribution in [2.75, 3.05) is 13.1 Å². The van der Waals surface area contributed by atoms with E-state index in [0.717, 1.165) is 11.1 Å². The first-order valence-corrected chi connectivity index (χ1v) is 12.4. The lowest BCUT2D eigenvalue weighted by atomic mass is 10.0. The summed E-state index contributed by atoms with van der Waals surface area (Å²) in [7, 11) is 0. The Balaban J connectivity index is 1.64. The van der Waals surface area contributed by atoms with Crippen molar-refractivity contribution in [2.24, 2.45) is 0 Å². The topological polar surface area (TPSA) is 121 Å². The molecule has 37 heavy (non-hydrogen) atoms. The van der Waals surface area contributed by atoms with Gasteiger partial charge in [-0.1, -0.05) is 42.5 Å². The predicted molar refractivity (Wildman–Crippen MR) is 137 cm³/mol. The average molecular weight is 507 g/mol. The number of nitrogens with one attached hydrogen (secondary N) is 2. The maximum atomic E-state index is 13.5. The zero-order valence-corrected chi connectivity index (χ0v) is 21.5. The first-order valence-electron chi connectivity index (χ1n) is 12.4. The molecule has 0 spiro atoms. The molecule has 1 aliphatic rings. The van der Waals surface area contributed by atoms with Gasteiger partial charge in [0.15, 0.2) is 0 Å². The molecule has 2 aromatic carbocycles. The molecule has 1 fully saturated rings. The van der Waals surface area contributed by atoms with Crippen LogP contribution < -0.4 is 10.6 Å². The molecule has 0 aliphatic carbocycles. The molecule has 3 amide bonds. The molecule has 9 nitrogen and oxygen atoms in total. The summed E-state index contributed by atoms with van der Waals surface area (Å²) in [5.41, 5.74) is 1.37. The van der Waals surface area contributed by atoms with Gasteiger partial charge in [0, 0.05) is 25.6 Å². The van der Waals surface area contributed by atoms with Gasteiger partial charge < -0.3 is 25.0 Å². The van der Waals surface area contributed by atoms with E-state index in [-0.39, 0.29) is 25.0 Å². The Hall–Kier alpha value is -4.06. The lowest BCUT2D eigenvalue weighted by Crippen LogP contribution is -2.56. The van der Waals surface area contributed by atoms with Gasteiger partial charge in [-0.25, -0.2) is 9.59 Å². The first-order chi connectivity index (χ1) is 17.6. The van der Waals surface area contributed by atoms with Crippen molar-refractivity contribution in [3.05, 3.63) is 71.3 Å². The number of piperidine rings is 1. The van der Waals surface area contributed by atoms with E-state index >= 15 is 0 Å². The fourth-order valence-corrected chi connectivity index (χ4v) is 4.10. The van der Waals surface area contributed by atoms with E-state index in [1.54, 1.807) is 49.9 Å². The van der Waals surface area contributed by atoms with Gasteiger partial charge in [-0.15, -0.1) is 0 Å². The first kappa shape index (κ1) is 27.5. The third kappa shape index (κ3) is 9.15. The second kappa shape index (κ2) is 12.8.